The highest BCUT2D eigenvalue weighted by molar-refractivity contribution is 9.10. The first-order chi connectivity index (χ1) is 12.1. The number of aromatic nitrogens is 2. The highest BCUT2D eigenvalue weighted by Gasteiger charge is 2.06. The first kappa shape index (κ1) is 17.0. The number of nitrogen functional groups attached to an aromatic ring is 1. The Morgan fingerprint density at radius 3 is 2.72 bits per heavy atom. The van der Waals surface area contributed by atoms with Gasteiger partial charge in [0.05, 0.1) is 7.11 Å². The minimum absolute atomic E-state index is 0.0357. The third-order valence-electron chi connectivity index (χ3n) is 3.35. The van der Waals surface area contributed by atoms with Crippen LogP contribution in [0.1, 0.15) is 17.0 Å². The number of nitrogens with zero attached hydrogens (tertiary/aromatic N) is 2. The molecule has 0 saturated heterocycles. The molecule has 128 valence electrons. The normalized spacial score (nSPS) is 11.0. The smallest absolute Gasteiger partial charge is 0.313 e. The van der Waals surface area contributed by atoms with E-state index >= 15 is 0 Å². The van der Waals surface area contributed by atoms with Gasteiger partial charge in [0.25, 0.3) is 0 Å². The quantitative estimate of drug-likeness (QED) is 0.666. The van der Waals surface area contributed by atoms with E-state index in [2.05, 4.69) is 26.1 Å². The molecule has 0 fully saturated rings. The number of halogens is 1. The summed E-state index contributed by atoms with van der Waals surface area (Å²) < 4.78 is 17.4. The number of methoxy groups -OCH3 is 1. The Morgan fingerprint density at radius 1 is 1.12 bits per heavy atom. The van der Waals surface area contributed by atoms with Crippen LogP contribution in [0.2, 0.25) is 0 Å². The van der Waals surface area contributed by atoms with Gasteiger partial charge >= 0.3 is 6.01 Å². The molecule has 0 amide bonds. The highest BCUT2D eigenvalue weighted by Crippen LogP contribution is 2.29. The standard InChI is InChI=1S/C18H16BrN3O3/c1-23-16-10-12(6-8-17-21-22-18(20)25-17)5-7-15(16)24-11-13-3-2-4-14(19)9-13/h2-10H,11H2,1H3,(H2,20,22)/b8-6+. The van der Waals surface area contributed by atoms with Gasteiger partial charge in [-0.3, -0.25) is 0 Å². The van der Waals surface area contributed by atoms with E-state index in [9.17, 15) is 0 Å². The first-order valence-electron chi connectivity index (χ1n) is 7.46. The largest absolute Gasteiger partial charge is 0.493 e. The number of ether oxygens (including phenoxy) is 2. The fraction of sp³-hybridized carbons (Fsp3) is 0.111. The van der Waals surface area contributed by atoms with E-state index in [1.54, 1.807) is 13.2 Å². The number of nitrogens with two attached hydrogens (primary N) is 1. The van der Waals surface area contributed by atoms with Gasteiger partial charge in [-0.2, -0.15) is 0 Å². The van der Waals surface area contributed by atoms with E-state index in [4.69, 9.17) is 19.6 Å². The van der Waals surface area contributed by atoms with Crippen LogP contribution in [0.5, 0.6) is 11.5 Å². The van der Waals surface area contributed by atoms with Crippen molar-refractivity contribution in [2.75, 3.05) is 12.8 Å². The Bertz CT molecular complexity index is 893. The van der Waals surface area contributed by atoms with E-state index in [0.717, 1.165) is 15.6 Å². The summed E-state index contributed by atoms with van der Waals surface area (Å²) in [6.07, 6.45) is 3.51. The second kappa shape index (κ2) is 7.85. The van der Waals surface area contributed by atoms with Crippen LogP contribution in [0.4, 0.5) is 6.01 Å². The number of anilines is 1. The van der Waals surface area contributed by atoms with Gasteiger partial charge < -0.3 is 19.6 Å². The lowest BCUT2D eigenvalue weighted by Gasteiger charge is -2.11. The van der Waals surface area contributed by atoms with Gasteiger partial charge in [0, 0.05) is 10.5 Å². The Hall–Kier alpha value is -2.80. The zero-order chi connectivity index (χ0) is 17.6. The third-order valence-corrected chi connectivity index (χ3v) is 3.84. The van der Waals surface area contributed by atoms with Crippen LogP contribution < -0.4 is 15.2 Å². The average Bonchev–Trinajstić information content (AvgIpc) is 3.04. The SMILES string of the molecule is COc1cc(/C=C/c2nnc(N)o2)ccc1OCc1cccc(Br)c1. The summed E-state index contributed by atoms with van der Waals surface area (Å²) in [7, 11) is 1.60. The summed E-state index contributed by atoms with van der Waals surface area (Å²) >= 11 is 3.45. The van der Waals surface area contributed by atoms with E-state index in [1.165, 1.54) is 0 Å². The summed E-state index contributed by atoms with van der Waals surface area (Å²) in [5.74, 6) is 1.65. The fourth-order valence-electron chi connectivity index (χ4n) is 2.18. The monoisotopic (exact) mass is 401 g/mol. The maximum absolute atomic E-state index is 5.86. The molecule has 1 aromatic heterocycles. The van der Waals surface area contributed by atoms with Crippen LogP contribution >= 0.6 is 15.9 Å². The number of hydrogen-bond donors (Lipinski definition) is 1. The number of hydrogen-bond acceptors (Lipinski definition) is 6. The second-order valence-corrected chi connectivity index (χ2v) is 6.06. The summed E-state index contributed by atoms with van der Waals surface area (Å²) in [6, 6.07) is 13.6. The number of benzene rings is 2. The van der Waals surface area contributed by atoms with Gasteiger partial charge in [-0.25, -0.2) is 0 Å². The van der Waals surface area contributed by atoms with Crippen LogP contribution in [-0.4, -0.2) is 17.3 Å². The minimum atomic E-state index is 0.0357. The van der Waals surface area contributed by atoms with Crippen molar-refractivity contribution in [3.05, 3.63) is 64.0 Å². The molecule has 6 nitrogen and oxygen atoms in total. The third kappa shape index (κ3) is 4.60. The number of rotatable bonds is 6. The maximum atomic E-state index is 5.86. The molecule has 0 atom stereocenters. The molecule has 2 aromatic carbocycles. The van der Waals surface area contributed by atoms with Gasteiger partial charge in [-0.15, -0.1) is 5.10 Å². The van der Waals surface area contributed by atoms with Crippen molar-refractivity contribution in [3.63, 3.8) is 0 Å². The molecule has 0 aliphatic heterocycles. The van der Waals surface area contributed by atoms with Crippen molar-refractivity contribution in [2.24, 2.45) is 0 Å². The molecular weight excluding hydrogens is 386 g/mol. The van der Waals surface area contributed by atoms with Gasteiger partial charge in [-0.1, -0.05) is 39.2 Å². The first-order valence-corrected chi connectivity index (χ1v) is 8.25. The molecule has 3 rings (SSSR count). The van der Waals surface area contributed by atoms with Crippen LogP contribution in [0.3, 0.4) is 0 Å². The Labute approximate surface area is 153 Å². The van der Waals surface area contributed by atoms with Crippen molar-refractivity contribution < 1.29 is 13.9 Å². The van der Waals surface area contributed by atoms with Gasteiger partial charge in [0.1, 0.15) is 6.61 Å². The molecule has 0 aliphatic rings. The zero-order valence-electron chi connectivity index (χ0n) is 13.5. The summed E-state index contributed by atoms with van der Waals surface area (Å²) in [4.78, 5) is 0. The van der Waals surface area contributed by atoms with Crippen LogP contribution in [-0.2, 0) is 6.61 Å². The van der Waals surface area contributed by atoms with Crippen LogP contribution in [0.15, 0.2) is 51.4 Å². The molecule has 25 heavy (non-hydrogen) atoms. The topological polar surface area (TPSA) is 83.4 Å². The summed E-state index contributed by atoms with van der Waals surface area (Å²) in [6.45, 7) is 0.451. The van der Waals surface area contributed by atoms with E-state index in [1.807, 2.05) is 48.5 Å². The molecule has 7 heteroatoms. The molecule has 3 aromatic rings. The van der Waals surface area contributed by atoms with Crippen molar-refractivity contribution in [3.8, 4) is 11.5 Å². The van der Waals surface area contributed by atoms with Crippen molar-refractivity contribution in [1.29, 1.82) is 0 Å². The predicted octanol–water partition coefficient (Wildman–Crippen LogP) is 4.17. The maximum Gasteiger partial charge on any atom is 0.313 e. The predicted molar refractivity (Wildman–Crippen MR) is 99.1 cm³/mol. The van der Waals surface area contributed by atoms with Crippen molar-refractivity contribution >= 4 is 34.1 Å². The molecule has 0 saturated carbocycles. The zero-order valence-corrected chi connectivity index (χ0v) is 15.1. The molecule has 0 spiro atoms. The lowest BCUT2D eigenvalue weighted by molar-refractivity contribution is 0.284. The molecule has 0 unspecified atom stereocenters. The Kier molecular flexibility index (Phi) is 5.35. The average molecular weight is 402 g/mol. The minimum Gasteiger partial charge on any atom is -0.493 e. The highest BCUT2D eigenvalue weighted by atomic mass is 79.9. The lowest BCUT2D eigenvalue weighted by Crippen LogP contribution is -1.98. The molecule has 0 aliphatic carbocycles. The van der Waals surface area contributed by atoms with Crippen molar-refractivity contribution in [2.45, 2.75) is 6.61 Å². The summed E-state index contributed by atoms with van der Waals surface area (Å²) in [5, 5.41) is 7.37. The Morgan fingerprint density at radius 2 is 2.00 bits per heavy atom. The molecule has 0 radical (unpaired) electrons. The van der Waals surface area contributed by atoms with Crippen molar-refractivity contribution in [1.82, 2.24) is 10.2 Å². The Balaban J connectivity index is 1.72. The van der Waals surface area contributed by atoms with Gasteiger partial charge in [0.15, 0.2) is 11.5 Å². The van der Waals surface area contributed by atoms with E-state index in [-0.39, 0.29) is 6.01 Å². The van der Waals surface area contributed by atoms with Gasteiger partial charge in [0.2, 0.25) is 5.89 Å². The lowest BCUT2D eigenvalue weighted by atomic mass is 10.2. The van der Waals surface area contributed by atoms with E-state index < -0.39 is 0 Å². The molecule has 1 heterocycles. The molecular formula is C18H16BrN3O3. The molecule has 2 N–H and O–H groups in total. The van der Waals surface area contributed by atoms with E-state index in [0.29, 0.717) is 24.0 Å². The van der Waals surface area contributed by atoms with Gasteiger partial charge in [-0.05, 0) is 41.5 Å². The van der Waals surface area contributed by atoms with Crippen LogP contribution in [0.25, 0.3) is 12.2 Å². The second-order valence-electron chi connectivity index (χ2n) is 5.14. The van der Waals surface area contributed by atoms with Crippen LogP contribution in [0, 0.1) is 0 Å². The molecule has 0 bridgehead atoms. The summed E-state index contributed by atoms with van der Waals surface area (Å²) in [5.41, 5.74) is 7.36. The fourth-order valence-corrected chi connectivity index (χ4v) is 2.62.